The van der Waals surface area contributed by atoms with E-state index in [0.717, 1.165) is 6.07 Å². The Morgan fingerprint density at radius 1 is 1.38 bits per heavy atom. The van der Waals surface area contributed by atoms with Crippen molar-refractivity contribution >= 4 is 23.3 Å². The average Bonchev–Trinajstić information content (AvgIpc) is 2.46. The van der Waals surface area contributed by atoms with E-state index in [2.05, 4.69) is 5.32 Å². The standard InChI is InChI=1S/C13H14N2O6/c1-2-12(17)14-10(13(18)19)7-11(16)8-4-3-5-9(6-8)15(20)21/h3-6,10H,2,7H2,1H3,(H,14,17)(H,18,19). The van der Waals surface area contributed by atoms with Gasteiger partial charge in [0.25, 0.3) is 5.69 Å². The van der Waals surface area contributed by atoms with Gasteiger partial charge in [-0.1, -0.05) is 19.1 Å². The maximum Gasteiger partial charge on any atom is 0.326 e. The Balaban J connectivity index is 2.87. The number of hydrogen-bond acceptors (Lipinski definition) is 5. The highest BCUT2D eigenvalue weighted by Gasteiger charge is 2.24. The van der Waals surface area contributed by atoms with Gasteiger partial charge in [-0.05, 0) is 0 Å². The van der Waals surface area contributed by atoms with Crippen molar-refractivity contribution in [3.63, 3.8) is 0 Å². The van der Waals surface area contributed by atoms with Crippen molar-refractivity contribution in [3.8, 4) is 0 Å². The largest absolute Gasteiger partial charge is 0.480 e. The third kappa shape index (κ3) is 4.68. The highest BCUT2D eigenvalue weighted by Crippen LogP contribution is 2.15. The first-order chi connectivity index (χ1) is 9.85. The molecule has 0 heterocycles. The quantitative estimate of drug-likeness (QED) is 0.441. The number of nitro groups is 1. The van der Waals surface area contributed by atoms with Gasteiger partial charge in [0.1, 0.15) is 6.04 Å². The molecule has 8 nitrogen and oxygen atoms in total. The lowest BCUT2D eigenvalue weighted by molar-refractivity contribution is -0.384. The Bertz CT molecular complexity index is 584. The third-order valence-electron chi connectivity index (χ3n) is 2.72. The number of hydrogen-bond donors (Lipinski definition) is 2. The summed E-state index contributed by atoms with van der Waals surface area (Å²) in [6, 6.07) is 3.64. The number of non-ortho nitro benzene ring substituents is 1. The summed E-state index contributed by atoms with van der Waals surface area (Å²) >= 11 is 0. The number of nitrogens with zero attached hydrogens (tertiary/aromatic N) is 1. The Hall–Kier alpha value is -2.77. The number of nitro benzene ring substituents is 1. The molecule has 0 spiro atoms. The number of amides is 1. The van der Waals surface area contributed by atoms with E-state index in [0.29, 0.717) is 0 Å². The maximum atomic E-state index is 12.0. The van der Waals surface area contributed by atoms with Gasteiger partial charge in [0.2, 0.25) is 5.91 Å². The molecule has 8 heteroatoms. The van der Waals surface area contributed by atoms with E-state index in [4.69, 9.17) is 5.11 Å². The Kier molecular flexibility index (Phi) is 5.53. The van der Waals surface area contributed by atoms with Gasteiger partial charge in [-0.3, -0.25) is 19.7 Å². The average molecular weight is 294 g/mol. The minimum absolute atomic E-state index is 0.0289. The zero-order chi connectivity index (χ0) is 16.0. The van der Waals surface area contributed by atoms with Crippen LogP contribution in [0.2, 0.25) is 0 Å². The molecule has 0 bridgehead atoms. The van der Waals surface area contributed by atoms with Crippen LogP contribution in [0.1, 0.15) is 30.1 Å². The van der Waals surface area contributed by atoms with Gasteiger partial charge >= 0.3 is 5.97 Å². The molecular formula is C13H14N2O6. The summed E-state index contributed by atoms with van der Waals surface area (Å²) in [4.78, 5) is 44.2. The fraction of sp³-hybridized carbons (Fsp3) is 0.308. The van der Waals surface area contributed by atoms with Gasteiger partial charge in [-0.2, -0.15) is 0 Å². The number of benzene rings is 1. The second-order valence-electron chi connectivity index (χ2n) is 4.25. The van der Waals surface area contributed by atoms with Crippen molar-refractivity contribution < 1.29 is 24.4 Å². The zero-order valence-electron chi connectivity index (χ0n) is 11.2. The second kappa shape index (κ2) is 7.13. The third-order valence-corrected chi connectivity index (χ3v) is 2.72. The minimum atomic E-state index is -1.36. The van der Waals surface area contributed by atoms with E-state index in [-0.39, 0.29) is 17.7 Å². The first-order valence-corrected chi connectivity index (χ1v) is 6.15. The van der Waals surface area contributed by atoms with Crippen LogP contribution in [0.25, 0.3) is 0 Å². The molecule has 2 N–H and O–H groups in total. The van der Waals surface area contributed by atoms with Crippen LogP contribution in [-0.4, -0.2) is 33.7 Å². The van der Waals surface area contributed by atoms with Crippen molar-refractivity contribution in [1.29, 1.82) is 0 Å². The predicted molar refractivity (Wildman–Crippen MR) is 71.9 cm³/mol. The van der Waals surface area contributed by atoms with Crippen molar-refractivity contribution in [2.45, 2.75) is 25.8 Å². The summed E-state index contributed by atoms with van der Waals surface area (Å²) in [5, 5.41) is 21.8. The molecule has 1 rings (SSSR count). The summed E-state index contributed by atoms with van der Waals surface area (Å²) in [6.07, 6.45) is -0.378. The van der Waals surface area contributed by atoms with Crippen LogP contribution in [0.5, 0.6) is 0 Å². The van der Waals surface area contributed by atoms with Crippen LogP contribution in [0.3, 0.4) is 0 Å². The molecule has 1 aromatic rings. The normalized spacial score (nSPS) is 11.5. The number of carboxylic acids is 1. The van der Waals surface area contributed by atoms with Gasteiger partial charge in [-0.15, -0.1) is 0 Å². The Labute approximate surface area is 119 Å². The summed E-state index contributed by atoms with van der Waals surface area (Å²) in [5.74, 6) is -2.42. The number of nitrogens with one attached hydrogen (secondary N) is 1. The molecule has 0 aliphatic rings. The topological polar surface area (TPSA) is 127 Å². The summed E-state index contributed by atoms with van der Waals surface area (Å²) in [6.45, 7) is 1.55. The van der Waals surface area contributed by atoms with Crippen molar-refractivity contribution in [3.05, 3.63) is 39.9 Å². The van der Waals surface area contributed by atoms with Crippen molar-refractivity contribution in [1.82, 2.24) is 5.32 Å². The molecule has 0 radical (unpaired) electrons. The molecule has 0 fully saturated rings. The lowest BCUT2D eigenvalue weighted by Gasteiger charge is -2.13. The SMILES string of the molecule is CCC(=O)NC(CC(=O)c1cccc([N+](=O)[O-])c1)C(=O)O. The van der Waals surface area contributed by atoms with Crippen LogP contribution in [0.15, 0.2) is 24.3 Å². The van der Waals surface area contributed by atoms with E-state index >= 15 is 0 Å². The maximum absolute atomic E-state index is 12.0. The van der Waals surface area contributed by atoms with Gasteiger partial charge in [0, 0.05) is 30.5 Å². The number of carbonyl (C=O) groups excluding carboxylic acids is 2. The van der Waals surface area contributed by atoms with E-state index in [1.165, 1.54) is 18.2 Å². The Morgan fingerprint density at radius 2 is 2.05 bits per heavy atom. The first kappa shape index (κ1) is 16.3. The van der Waals surface area contributed by atoms with E-state index in [9.17, 15) is 24.5 Å². The molecule has 0 aromatic heterocycles. The molecule has 0 aliphatic heterocycles. The molecule has 1 amide bonds. The molecular weight excluding hydrogens is 280 g/mol. The van der Waals surface area contributed by atoms with Crippen LogP contribution in [0, 0.1) is 10.1 Å². The summed E-state index contributed by atoms with van der Waals surface area (Å²) in [5.41, 5.74) is -0.230. The monoisotopic (exact) mass is 294 g/mol. The number of carbonyl (C=O) groups is 3. The first-order valence-electron chi connectivity index (χ1n) is 6.15. The molecule has 0 saturated carbocycles. The molecule has 1 aromatic carbocycles. The predicted octanol–water partition coefficient (Wildman–Crippen LogP) is 1.15. The number of aliphatic carboxylic acids is 1. The lowest BCUT2D eigenvalue weighted by Crippen LogP contribution is -2.41. The van der Waals surface area contributed by atoms with Gasteiger partial charge in [-0.25, -0.2) is 4.79 Å². The molecule has 21 heavy (non-hydrogen) atoms. The van der Waals surface area contributed by atoms with Crippen LogP contribution in [-0.2, 0) is 9.59 Å². The smallest absolute Gasteiger partial charge is 0.326 e. The number of ketones is 1. The van der Waals surface area contributed by atoms with Crippen LogP contribution < -0.4 is 5.32 Å². The van der Waals surface area contributed by atoms with Gasteiger partial charge in [0.15, 0.2) is 5.78 Å². The van der Waals surface area contributed by atoms with Crippen molar-refractivity contribution in [2.24, 2.45) is 0 Å². The zero-order valence-corrected chi connectivity index (χ0v) is 11.2. The summed E-state index contributed by atoms with van der Waals surface area (Å²) in [7, 11) is 0. The molecule has 112 valence electrons. The van der Waals surface area contributed by atoms with Gasteiger partial charge < -0.3 is 10.4 Å². The minimum Gasteiger partial charge on any atom is -0.480 e. The molecule has 1 unspecified atom stereocenters. The van der Waals surface area contributed by atoms with Crippen molar-refractivity contribution in [2.75, 3.05) is 0 Å². The fourth-order valence-corrected chi connectivity index (χ4v) is 1.59. The fourth-order valence-electron chi connectivity index (χ4n) is 1.59. The highest BCUT2D eigenvalue weighted by molar-refractivity contribution is 6.00. The molecule has 1 atom stereocenters. The van der Waals surface area contributed by atoms with E-state index in [1.54, 1.807) is 6.92 Å². The number of Topliss-reactive ketones (excluding diaryl/α,β-unsaturated/α-hetero) is 1. The number of carboxylic acid groups (broad SMARTS) is 1. The van der Waals surface area contributed by atoms with Crippen LogP contribution >= 0.6 is 0 Å². The second-order valence-corrected chi connectivity index (χ2v) is 4.25. The lowest BCUT2D eigenvalue weighted by atomic mass is 10.0. The molecule has 0 aliphatic carbocycles. The molecule has 0 saturated heterocycles. The van der Waals surface area contributed by atoms with E-state index in [1.807, 2.05) is 0 Å². The Morgan fingerprint density at radius 3 is 2.57 bits per heavy atom. The number of rotatable bonds is 7. The highest BCUT2D eigenvalue weighted by atomic mass is 16.6. The van der Waals surface area contributed by atoms with E-state index < -0.39 is 35.0 Å². The summed E-state index contributed by atoms with van der Waals surface area (Å²) < 4.78 is 0. The van der Waals surface area contributed by atoms with Gasteiger partial charge in [0.05, 0.1) is 4.92 Å². The van der Waals surface area contributed by atoms with Crippen LogP contribution in [0.4, 0.5) is 5.69 Å².